The maximum atomic E-state index is 12.5. The topological polar surface area (TPSA) is 72.9 Å². The molecule has 8 heteroatoms. The fraction of sp³-hybridized carbons (Fsp3) is 0.267. The van der Waals surface area contributed by atoms with Gasteiger partial charge in [-0.3, -0.25) is 0 Å². The minimum Gasteiger partial charge on any atom is -0.423 e. The number of hydrogen-bond donors (Lipinski definition) is 0. The molecule has 0 bridgehead atoms. The molecule has 1 aliphatic rings. The Morgan fingerprint density at radius 3 is 2.43 bits per heavy atom. The second-order valence-corrected chi connectivity index (χ2v) is 7.61. The molecular formula is C15H15NO5S2. The predicted molar refractivity (Wildman–Crippen MR) is 85.3 cm³/mol. The Bertz CT molecular complexity index is 763. The van der Waals surface area contributed by atoms with Crippen molar-refractivity contribution < 1.29 is 22.7 Å². The summed E-state index contributed by atoms with van der Waals surface area (Å²) in [6.45, 7) is 1.49. The third-order valence-electron chi connectivity index (χ3n) is 3.40. The first-order valence-corrected chi connectivity index (χ1v) is 9.38. The van der Waals surface area contributed by atoms with Gasteiger partial charge in [0, 0.05) is 18.5 Å². The summed E-state index contributed by atoms with van der Waals surface area (Å²) < 4.78 is 36.7. The van der Waals surface area contributed by atoms with Gasteiger partial charge < -0.3 is 9.47 Å². The minimum absolute atomic E-state index is 0.176. The number of morpholine rings is 1. The van der Waals surface area contributed by atoms with E-state index in [0.717, 1.165) is 0 Å². The SMILES string of the molecule is O=C(Oc1ccc(S(=O)(=O)N2CCOCC2)cc1)c1ccsc1. The zero-order valence-corrected chi connectivity index (χ0v) is 13.8. The molecule has 1 saturated heterocycles. The van der Waals surface area contributed by atoms with Gasteiger partial charge in [0.2, 0.25) is 10.0 Å². The molecule has 0 radical (unpaired) electrons. The Hall–Kier alpha value is -1.74. The number of benzene rings is 1. The Morgan fingerprint density at radius 2 is 1.83 bits per heavy atom. The lowest BCUT2D eigenvalue weighted by Gasteiger charge is -2.26. The van der Waals surface area contributed by atoms with Crippen molar-refractivity contribution in [3.63, 3.8) is 0 Å². The van der Waals surface area contributed by atoms with Gasteiger partial charge in [-0.25, -0.2) is 13.2 Å². The average Bonchev–Trinajstić information content (AvgIpc) is 3.11. The van der Waals surface area contributed by atoms with Crippen molar-refractivity contribution in [2.45, 2.75) is 4.90 Å². The lowest BCUT2D eigenvalue weighted by atomic mass is 10.3. The molecule has 1 aromatic heterocycles. The van der Waals surface area contributed by atoms with Crippen molar-refractivity contribution in [2.24, 2.45) is 0 Å². The van der Waals surface area contributed by atoms with E-state index >= 15 is 0 Å². The van der Waals surface area contributed by atoms with Gasteiger partial charge >= 0.3 is 5.97 Å². The first-order valence-electron chi connectivity index (χ1n) is 7.00. The zero-order chi connectivity index (χ0) is 16.3. The number of hydrogen-bond acceptors (Lipinski definition) is 6. The molecule has 0 unspecified atom stereocenters. The number of rotatable bonds is 4. The standard InChI is InChI=1S/C15H15NO5S2/c17-15(12-5-10-22-11-12)21-13-1-3-14(4-2-13)23(18,19)16-6-8-20-9-7-16/h1-5,10-11H,6-9H2. The van der Waals surface area contributed by atoms with Crippen LogP contribution < -0.4 is 4.74 Å². The van der Waals surface area contributed by atoms with E-state index in [1.807, 2.05) is 0 Å². The maximum absolute atomic E-state index is 12.5. The summed E-state index contributed by atoms with van der Waals surface area (Å²) in [5.41, 5.74) is 0.472. The van der Waals surface area contributed by atoms with Crippen LogP contribution in [0.2, 0.25) is 0 Å². The summed E-state index contributed by atoms with van der Waals surface area (Å²) in [7, 11) is -3.54. The van der Waals surface area contributed by atoms with Crippen LogP contribution in [-0.4, -0.2) is 45.0 Å². The molecule has 2 aromatic rings. The van der Waals surface area contributed by atoms with Crippen LogP contribution >= 0.6 is 11.3 Å². The molecule has 1 fully saturated rings. The van der Waals surface area contributed by atoms with Crippen molar-refractivity contribution in [3.05, 3.63) is 46.7 Å². The van der Waals surface area contributed by atoms with Gasteiger partial charge in [0.25, 0.3) is 0 Å². The summed E-state index contributed by atoms with van der Waals surface area (Å²) in [5.74, 6) is -0.155. The molecule has 3 rings (SSSR count). The summed E-state index contributed by atoms with van der Waals surface area (Å²) in [4.78, 5) is 12.0. The largest absolute Gasteiger partial charge is 0.423 e. The first kappa shape index (κ1) is 16.1. The van der Waals surface area contributed by atoms with Gasteiger partial charge in [-0.05, 0) is 35.7 Å². The molecular weight excluding hydrogens is 338 g/mol. The molecule has 0 atom stereocenters. The maximum Gasteiger partial charge on any atom is 0.344 e. The van der Waals surface area contributed by atoms with Crippen LogP contribution in [0.25, 0.3) is 0 Å². The van der Waals surface area contributed by atoms with Crippen molar-refractivity contribution in [2.75, 3.05) is 26.3 Å². The van der Waals surface area contributed by atoms with E-state index < -0.39 is 16.0 Å². The van der Waals surface area contributed by atoms with Crippen molar-refractivity contribution in [1.82, 2.24) is 4.31 Å². The number of carbonyl (C=O) groups excluding carboxylic acids is 1. The van der Waals surface area contributed by atoms with E-state index in [-0.39, 0.29) is 4.90 Å². The summed E-state index contributed by atoms with van der Waals surface area (Å²) in [6, 6.07) is 7.53. The van der Waals surface area contributed by atoms with E-state index in [1.54, 1.807) is 16.8 Å². The zero-order valence-electron chi connectivity index (χ0n) is 12.2. The first-order chi connectivity index (χ1) is 11.1. The number of ether oxygens (including phenoxy) is 2. The van der Waals surface area contributed by atoms with Crippen molar-refractivity contribution in [1.29, 1.82) is 0 Å². The lowest BCUT2D eigenvalue weighted by molar-refractivity contribution is 0.0729. The third kappa shape index (κ3) is 3.61. The molecule has 1 aliphatic heterocycles. The highest BCUT2D eigenvalue weighted by Crippen LogP contribution is 2.21. The van der Waals surface area contributed by atoms with Gasteiger partial charge in [0.05, 0.1) is 23.7 Å². The van der Waals surface area contributed by atoms with E-state index in [2.05, 4.69) is 0 Å². The number of sulfonamides is 1. The van der Waals surface area contributed by atoms with Crippen LogP contribution in [0.3, 0.4) is 0 Å². The monoisotopic (exact) mass is 353 g/mol. The van der Waals surface area contributed by atoms with E-state index in [0.29, 0.717) is 37.6 Å². The Kier molecular flexibility index (Phi) is 4.76. The highest BCUT2D eigenvalue weighted by molar-refractivity contribution is 7.89. The van der Waals surface area contributed by atoms with Crippen LogP contribution in [-0.2, 0) is 14.8 Å². The van der Waals surface area contributed by atoms with E-state index in [1.165, 1.54) is 39.9 Å². The summed E-state index contributed by atoms with van der Waals surface area (Å²) >= 11 is 1.40. The highest BCUT2D eigenvalue weighted by atomic mass is 32.2. The number of thiophene rings is 1. The van der Waals surface area contributed by atoms with Gasteiger partial charge in [-0.2, -0.15) is 15.6 Å². The molecule has 1 aromatic carbocycles. The van der Waals surface area contributed by atoms with Crippen LogP contribution in [0.4, 0.5) is 0 Å². The summed E-state index contributed by atoms with van der Waals surface area (Å²) in [6.07, 6.45) is 0. The van der Waals surface area contributed by atoms with Crippen LogP contribution in [0.15, 0.2) is 46.0 Å². The van der Waals surface area contributed by atoms with E-state index in [4.69, 9.17) is 9.47 Å². The normalized spacial score (nSPS) is 16.2. The van der Waals surface area contributed by atoms with Crippen LogP contribution in [0, 0.1) is 0 Å². The predicted octanol–water partition coefficient (Wildman–Crippen LogP) is 1.99. The Morgan fingerprint density at radius 1 is 1.13 bits per heavy atom. The molecule has 0 aliphatic carbocycles. The average molecular weight is 353 g/mol. The van der Waals surface area contributed by atoms with Crippen molar-refractivity contribution >= 4 is 27.3 Å². The number of nitrogens with zero attached hydrogens (tertiary/aromatic N) is 1. The second-order valence-electron chi connectivity index (χ2n) is 4.89. The fourth-order valence-corrected chi connectivity index (χ4v) is 4.20. The number of esters is 1. The van der Waals surface area contributed by atoms with Crippen LogP contribution in [0.5, 0.6) is 5.75 Å². The molecule has 23 heavy (non-hydrogen) atoms. The molecule has 2 heterocycles. The Balaban J connectivity index is 1.72. The molecule has 0 spiro atoms. The molecule has 0 N–H and O–H groups in total. The van der Waals surface area contributed by atoms with Crippen LogP contribution in [0.1, 0.15) is 10.4 Å². The lowest BCUT2D eigenvalue weighted by Crippen LogP contribution is -2.40. The van der Waals surface area contributed by atoms with E-state index in [9.17, 15) is 13.2 Å². The van der Waals surface area contributed by atoms with Gasteiger partial charge in [-0.1, -0.05) is 0 Å². The number of carbonyl (C=O) groups is 1. The van der Waals surface area contributed by atoms with Gasteiger partial charge in [0.15, 0.2) is 0 Å². The molecule has 0 saturated carbocycles. The molecule has 122 valence electrons. The second kappa shape index (κ2) is 6.79. The molecule has 6 nitrogen and oxygen atoms in total. The molecule has 0 amide bonds. The smallest absolute Gasteiger partial charge is 0.344 e. The highest BCUT2D eigenvalue weighted by Gasteiger charge is 2.26. The van der Waals surface area contributed by atoms with Crippen molar-refractivity contribution in [3.8, 4) is 5.75 Å². The van der Waals surface area contributed by atoms with Gasteiger partial charge in [0.1, 0.15) is 5.75 Å². The summed E-state index contributed by atoms with van der Waals surface area (Å²) in [5, 5.41) is 3.48. The minimum atomic E-state index is -3.54. The third-order valence-corrected chi connectivity index (χ3v) is 6.00. The Labute approximate surface area is 138 Å². The fourth-order valence-electron chi connectivity index (χ4n) is 2.16. The van der Waals surface area contributed by atoms with Gasteiger partial charge in [-0.15, -0.1) is 0 Å². The quantitative estimate of drug-likeness (QED) is 0.621.